The Morgan fingerprint density at radius 1 is 1.50 bits per heavy atom. The molecule has 0 aromatic heterocycles. The molecule has 14 heavy (non-hydrogen) atoms. The number of aliphatic hydroxyl groups is 1. The second-order valence-electron chi connectivity index (χ2n) is 3.48. The molecule has 0 spiro atoms. The first-order valence-corrected chi connectivity index (χ1v) is 6.01. The van der Waals surface area contributed by atoms with Crippen LogP contribution >= 0.6 is 0 Å². The molecule has 1 aliphatic heterocycles. The Kier molecular flexibility index (Phi) is 3.13. The standard InChI is InChI=1S/C7H13NO5S/c1-4(7(10)11)8-5-2-14(12,13)3-6(5)9/h4-6,8-9H,2-3H2,1H3,(H,10,11). The molecule has 3 atom stereocenters. The molecule has 3 unspecified atom stereocenters. The minimum atomic E-state index is -3.22. The minimum absolute atomic E-state index is 0.203. The molecule has 0 radical (unpaired) electrons. The van der Waals surface area contributed by atoms with Gasteiger partial charge >= 0.3 is 5.97 Å². The van der Waals surface area contributed by atoms with Crippen molar-refractivity contribution in [2.24, 2.45) is 0 Å². The molecule has 1 saturated heterocycles. The molecule has 1 heterocycles. The third-order valence-corrected chi connectivity index (χ3v) is 3.87. The Morgan fingerprint density at radius 2 is 2.07 bits per heavy atom. The summed E-state index contributed by atoms with van der Waals surface area (Å²) in [5.41, 5.74) is 0. The fraction of sp³-hybridized carbons (Fsp3) is 0.857. The van der Waals surface area contributed by atoms with Gasteiger partial charge in [-0.1, -0.05) is 0 Å². The van der Waals surface area contributed by atoms with Crippen molar-refractivity contribution in [3.63, 3.8) is 0 Å². The van der Waals surface area contributed by atoms with Crippen molar-refractivity contribution in [2.45, 2.75) is 25.1 Å². The van der Waals surface area contributed by atoms with E-state index in [1.807, 2.05) is 0 Å². The monoisotopic (exact) mass is 223 g/mol. The van der Waals surface area contributed by atoms with Gasteiger partial charge in [0.25, 0.3) is 0 Å². The maximum atomic E-state index is 11.1. The Labute approximate surface area is 81.8 Å². The molecule has 0 bridgehead atoms. The normalized spacial score (nSPS) is 32.7. The van der Waals surface area contributed by atoms with Gasteiger partial charge in [-0.2, -0.15) is 0 Å². The molecule has 1 rings (SSSR count). The van der Waals surface area contributed by atoms with E-state index in [0.717, 1.165) is 0 Å². The topological polar surface area (TPSA) is 104 Å². The Morgan fingerprint density at radius 3 is 2.43 bits per heavy atom. The van der Waals surface area contributed by atoms with Crippen LogP contribution < -0.4 is 5.32 Å². The second-order valence-corrected chi connectivity index (χ2v) is 5.63. The van der Waals surface area contributed by atoms with Crippen LogP contribution in [0.25, 0.3) is 0 Å². The van der Waals surface area contributed by atoms with Crippen molar-refractivity contribution in [1.29, 1.82) is 0 Å². The molecule has 0 aromatic rings. The molecule has 0 saturated carbocycles. The van der Waals surface area contributed by atoms with E-state index < -0.39 is 34.0 Å². The van der Waals surface area contributed by atoms with Crippen molar-refractivity contribution < 1.29 is 23.4 Å². The van der Waals surface area contributed by atoms with Gasteiger partial charge in [0.1, 0.15) is 6.04 Å². The van der Waals surface area contributed by atoms with E-state index in [0.29, 0.717) is 0 Å². The van der Waals surface area contributed by atoms with Gasteiger partial charge in [0, 0.05) is 6.04 Å². The van der Waals surface area contributed by atoms with Crippen LogP contribution in [0.3, 0.4) is 0 Å². The third kappa shape index (κ3) is 2.66. The molecule has 1 fully saturated rings. The lowest BCUT2D eigenvalue weighted by Gasteiger charge is -2.17. The Balaban J connectivity index is 2.59. The number of nitrogens with one attached hydrogen (secondary N) is 1. The zero-order valence-corrected chi connectivity index (χ0v) is 8.49. The summed E-state index contributed by atoms with van der Waals surface area (Å²) in [5.74, 6) is -1.57. The SMILES string of the molecule is CC(NC1CS(=O)(=O)CC1O)C(=O)O. The predicted molar refractivity (Wildman–Crippen MR) is 48.7 cm³/mol. The van der Waals surface area contributed by atoms with E-state index in [1.165, 1.54) is 6.92 Å². The summed E-state index contributed by atoms with van der Waals surface area (Å²) in [6.07, 6.45) is -1.01. The molecule has 3 N–H and O–H groups in total. The lowest BCUT2D eigenvalue weighted by Crippen LogP contribution is -2.47. The van der Waals surface area contributed by atoms with E-state index in [2.05, 4.69) is 5.32 Å². The number of hydrogen-bond acceptors (Lipinski definition) is 5. The van der Waals surface area contributed by atoms with E-state index in [-0.39, 0.29) is 11.5 Å². The largest absolute Gasteiger partial charge is 0.480 e. The van der Waals surface area contributed by atoms with Gasteiger partial charge in [-0.3, -0.25) is 10.1 Å². The minimum Gasteiger partial charge on any atom is -0.480 e. The molecule has 0 amide bonds. The fourth-order valence-corrected chi connectivity index (χ4v) is 3.13. The zero-order valence-electron chi connectivity index (χ0n) is 7.67. The van der Waals surface area contributed by atoms with Gasteiger partial charge in [0.15, 0.2) is 9.84 Å². The molecular formula is C7H13NO5S. The molecular weight excluding hydrogens is 210 g/mol. The van der Waals surface area contributed by atoms with Gasteiger partial charge in [-0.05, 0) is 6.92 Å². The fourth-order valence-electron chi connectivity index (χ4n) is 1.38. The average molecular weight is 223 g/mol. The third-order valence-electron chi connectivity index (χ3n) is 2.16. The first-order chi connectivity index (χ1) is 6.32. The lowest BCUT2D eigenvalue weighted by molar-refractivity contribution is -0.139. The van der Waals surface area contributed by atoms with E-state index in [1.54, 1.807) is 0 Å². The van der Waals surface area contributed by atoms with Crippen LogP contribution in [0.2, 0.25) is 0 Å². The van der Waals surface area contributed by atoms with Crippen LogP contribution in [-0.2, 0) is 14.6 Å². The van der Waals surface area contributed by atoms with Crippen molar-refractivity contribution in [2.75, 3.05) is 11.5 Å². The summed E-state index contributed by atoms with van der Waals surface area (Å²) in [7, 11) is -3.22. The van der Waals surface area contributed by atoms with Crippen LogP contribution in [0.15, 0.2) is 0 Å². The van der Waals surface area contributed by atoms with Crippen molar-refractivity contribution in [3.8, 4) is 0 Å². The summed E-state index contributed by atoms with van der Waals surface area (Å²) in [5, 5.41) is 20.4. The van der Waals surface area contributed by atoms with E-state index >= 15 is 0 Å². The smallest absolute Gasteiger partial charge is 0.320 e. The molecule has 0 aromatic carbocycles. The molecule has 1 aliphatic rings. The molecule has 0 aliphatic carbocycles. The van der Waals surface area contributed by atoms with Crippen LogP contribution in [0.4, 0.5) is 0 Å². The highest BCUT2D eigenvalue weighted by Crippen LogP contribution is 2.12. The van der Waals surface area contributed by atoms with Crippen LogP contribution in [0.5, 0.6) is 0 Å². The quantitative estimate of drug-likeness (QED) is 0.522. The number of carboxylic acids is 1. The van der Waals surface area contributed by atoms with Gasteiger partial charge in [0.05, 0.1) is 17.6 Å². The van der Waals surface area contributed by atoms with Crippen molar-refractivity contribution in [1.82, 2.24) is 5.32 Å². The number of hydrogen-bond donors (Lipinski definition) is 3. The number of carbonyl (C=O) groups is 1. The predicted octanol–water partition coefficient (Wildman–Crippen LogP) is -1.79. The van der Waals surface area contributed by atoms with Gasteiger partial charge in [0.2, 0.25) is 0 Å². The summed E-state index contributed by atoms with van der Waals surface area (Å²) in [4.78, 5) is 10.5. The molecule has 6 nitrogen and oxygen atoms in total. The van der Waals surface area contributed by atoms with Crippen LogP contribution in [-0.4, -0.2) is 54.3 Å². The van der Waals surface area contributed by atoms with Crippen molar-refractivity contribution >= 4 is 15.8 Å². The van der Waals surface area contributed by atoms with Gasteiger partial charge in [-0.15, -0.1) is 0 Å². The maximum absolute atomic E-state index is 11.1. The number of aliphatic hydroxyl groups excluding tert-OH is 1. The lowest BCUT2D eigenvalue weighted by atomic mass is 10.2. The van der Waals surface area contributed by atoms with E-state index in [4.69, 9.17) is 5.11 Å². The first kappa shape index (κ1) is 11.4. The second kappa shape index (κ2) is 3.84. The van der Waals surface area contributed by atoms with Crippen LogP contribution in [0, 0.1) is 0 Å². The summed E-state index contributed by atoms with van der Waals surface area (Å²) >= 11 is 0. The summed E-state index contributed by atoms with van der Waals surface area (Å²) in [6.45, 7) is 1.40. The number of carboxylic acid groups (broad SMARTS) is 1. The summed E-state index contributed by atoms with van der Waals surface area (Å²) in [6, 6.07) is -1.53. The number of rotatable bonds is 3. The highest BCUT2D eigenvalue weighted by molar-refractivity contribution is 7.91. The summed E-state index contributed by atoms with van der Waals surface area (Å²) < 4.78 is 22.1. The van der Waals surface area contributed by atoms with Crippen molar-refractivity contribution in [3.05, 3.63) is 0 Å². The Bertz CT molecular complexity index is 325. The molecule has 7 heteroatoms. The zero-order chi connectivity index (χ0) is 10.9. The van der Waals surface area contributed by atoms with Gasteiger partial charge < -0.3 is 10.2 Å². The highest BCUT2D eigenvalue weighted by Gasteiger charge is 2.37. The van der Waals surface area contributed by atoms with Gasteiger partial charge in [-0.25, -0.2) is 8.42 Å². The number of sulfone groups is 1. The number of aliphatic carboxylic acids is 1. The molecule has 82 valence electrons. The highest BCUT2D eigenvalue weighted by atomic mass is 32.2. The van der Waals surface area contributed by atoms with Crippen LogP contribution in [0.1, 0.15) is 6.92 Å². The average Bonchev–Trinajstić information content (AvgIpc) is 2.24. The van der Waals surface area contributed by atoms with E-state index in [9.17, 15) is 18.3 Å². The first-order valence-electron chi connectivity index (χ1n) is 4.19. The Hall–Kier alpha value is -0.660. The maximum Gasteiger partial charge on any atom is 0.320 e.